The van der Waals surface area contributed by atoms with Gasteiger partial charge in [0.15, 0.2) is 5.82 Å². The van der Waals surface area contributed by atoms with Crippen molar-refractivity contribution >= 4 is 11.3 Å². The summed E-state index contributed by atoms with van der Waals surface area (Å²) in [6, 6.07) is 2.67. The van der Waals surface area contributed by atoms with E-state index in [-0.39, 0.29) is 0 Å². The Labute approximate surface area is 107 Å². The fraction of sp³-hybridized carbons (Fsp3) is 0.538. The summed E-state index contributed by atoms with van der Waals surface area (Å²) in [4.78, 5) is 6.72. The van der Waals surface area contributed by atoms with Gasteiger partial charge in [0.25, 0.3) is 0 Å². The van der Waals surface area contributed by atoms with Crippen molar-refractivity contribution in [3.8, 4) is 0 Å². The average Bonchev–Trinajstić information content (AvgIpc) is 2.95. The molecule has 3 heterocycles. The Morgan fingerprint density at radius 2 is 2.44 bits per heavy atom. The van der Waals surface area contributed by atoms with E-state index in [1.807, 2.05) is 23.8 Å². The maximum absolute atomic E-state index is 4.50. The van der Waals surface area contributed by atoms with Gasteiger partial charge in [-0.3, -0.25) is 0 Å². The number of hydrogen-bond acceptors (Lipinski definition) is 4. The van der Waals surface area contributed by atoms with Gasteiger partial charge in [0.2, 0.25) is 0 Å². The molecule has 0 spiro atoms. The highest BCUT2D eigenvalue weighted by molar-refractivity contribution is 5.68. The van der Waals surface area contributed by atoms with Crippen LogP contribution >= 0.6 is 0 Å². The van der Waals surface area contributed by atoms with Crippen molar-refractivity contribution in [2.24, 2.45) is 0 Å². The minimum Gasteiger partial charge on any atom is -0.356 e. The highest BCUT2D eigenvalue weighted by Crippen LogP contribution is 2.19. The van der Waals surface area contributed by atoms with Crippen LogP contribution in [0.2, 0.25) is 0 Å². The number of fused-ring (bicyclic) bond motifs is 1. The smallest absolute Gasteiger partial charge is 0.154 e. The molecule has 3 rings (SSSR count). The lowest BCUT2D eigenvalue weighted by molar-refractivity contribution is 0.597. The van der Waals surface area contributed by atoms with Crippen molar-refractivity contribution in [2.45, 2.75) is 25.8 Å². The number of likely N-dealkylation sites (N-methyl/N-ethyl adjacent to an activating group) is 1. The van der Waals surface area contributed by atoms with Crippen molar-refractivity contribution in [3.63, 3.8) is 0 Å². The summed E-state index contributed by atoms with van der Waals surface area (Å²) in [5.74, 6) is 1.01. The Balaban J connectivity index is 1.87. The van der Waals surface area contributed by atoms with Gasteiger partial charge in [0.05, 0.1) is 5.69 Å². The molecule has 2 aromatic heterocycles. The maximum Gasteiger partial charge on any atom is 0.154 e. The highest BCUT2D eigenvalue weighted by Gasteiger charge is 2.18. The molecule has 0 bridgehead atoms. The van der Waals surface area contributed by atoms with E-state index in [2.05, 4.69) is 33.4 Å². The lowest BCUT2D eigenvalue weighted by atomic mass is 10.2. The zero-order valence-electron chi connectivity index (χ0n) is 10.9. The van der Waals surface area contributed by atoms with E-state index in [9.17, 15) is 0 Å². The number of hydrogen-bond donors (Lipinski definition) is 1. The first kappa shape index (κ1) is 11.5. The molecule has 0 saturated carbocycles. The molecule has 0 amide bonds. The summed E-state index contributed by atoms with van der Waals surface area (Å²) < 4.78 is 1.90. The first-order valence-corrected chi connectivity index (χ1v) is 6.49. The zero-order chi connectivity index (χ0) is 12.5. The molecular weight excluding hydrogens is 226 g/mol. The van der Waals surface area contributed by atoms with E-state index in [1.165, 1.54) is 12.8 Å². The van der Waals surface area contributed by atoms with Crippen molar-refractivity contribution in [1.82, 2.24) is 19.9 Å². The Kier molecular flexibility index (Phi) is 2.91. The molecule has 5 heteroatoms. The van der Waals surface area contributed by atoms with Crippen LogP contribution in [0.1, 0.15) is 18.5 Å². The molecule has 18 heavy (non-hydrogen) atoms. The summed E-state index contributed by atoms with van der Waals surface area (Å²) in [6.07, 6.45) is 6.24. The predicted molar refractivity (Wildman–Crippen MR) is 72.0 cm³/mol. The van der Waals surface area contributed by atoms with Gasteiger partial charge in [-0.1, -0.05) is 0 Å². The molecule has 1 aliphatic heterocycles. The number of aryl methyl sites for hydroxylation is 1. The average molecular weight is 245 g/mol. The topological polar surface area (TPSA) is 45.5 Å². The third-order valence-corrected chi connectivity index (χ3v) is 3.51. The first-order chi connectivity index (χ1) is 8.74. The Morgan fingerprint density at radius 1 is 1.56 bits per heavy atom. The normalized spacial score (nSPS) is 19.6. The van der Waals surface area contributed by atoms with Gasteiger partial charge in [-0.15, -0.1) is 0 Å². The summed E-state index contributed by atoms with van der Waals surface area (Å²) in [5.41, 5.74) is 2.10. The van der Waals surface area contributed by atoms with Crippen molar-refractivity contribution in [3.05, 3.63) is 24.2 Å². The van der Waals surface area contributed by atoms with Gasteiger partial charge in [-0.25, -0.2) is 9.50 Å². The van der Waals surface area contributed by atoms with Crippen LogP contribution < -0.4 is 10.2 Å². The predicted octanol–water partition coefficient (Wildman–Crippen LogP) is 1.23. The second-order valence-corrected chi connectivity index (χ2v) is 5.04. The first-order valence-electron chi connectivity index (χ1n) is 6.49. The lowest BCUT2D eigenvalue weighted by Crippen LogP contribution is -2.35. The molecule has 0 aliphatic carbocycles. The Bertz CT molecular complexity index is 541. The zero-order valence-corrected chi connectivity index (χ0v) is 10.9. The maximum atomic E-state index is 4.50. The van der Waals surface area contributed by atoms with Crippen molar-refractivity contribution in [1.29, 1.82) is 0 Å². The number of anilines is 1. The summed E-state index contributed by atoms with van der Waals surface area (Å²) in [7, 11) is 2.10. The minimum atomic E-state index is 0.584. The van der Waals surface area contributed by atoms with Crippen LogP contribution in [-0.2, 0) is 0 Å². The van der Waals surface area contributed by atoms with E-state index in [4.69, 9.17) is 0 Å². The monoisotopic (exact) mass is 245 g/mol. The molecule has 1 unspecified atom stereocenters. The molecule has 0 radical (unpaired) electrons. The molecule has 1 aliphatic rings. The van der Waals surface area contributed by atoms with Crippen LogP contribution in [-0.4, -0.2) is 40.8 Å². The second-order valence-electron chi connectivity index (χ2n) is 5.04. The summed E-state index contributed by atoms with van der Waals surface area (Å²) >= 11 is 0. The molecule has 96 valence electrons. The van der Waals surface area contributed by atoms with E-state index < -0.39 is 0 Å². The van der Waals surface area contributed by atoms with Crippen molar-refractivity contribution in [2.75, 3.05) is 25.0 Å². The molecule has 5 nitrogen and oxygen atoms in total. The molecule has 0 aromatic carbocycles. The molecule has 1 N–H and O–H groups in total. The standard InChI is InChI=1S/C13H19N5/c1-10-8-12-13(15-6-7-18(12)16-10)17(2)9-11-4-3-5-14-11/h6-8,11,14H,3-5,9H2,1-2H3. The molecule has 1 saturated heterocycles. The van der Waals surface area contributed by atoms with Gasteiger partial charge in [0, 0.05) is 32.0 Å². The highest BCUT2D eigenvalue weighted by atomic mass is 15.3. The molecule has 1 fully saturated rings. The van der Waals surface area contributed by atoms with Crippen LogP contribution in [0, 0.1) is 6.92 Å². The Hall–Kier alpha value is -1.62. The van der Waals surface area contributed by atoms with E-state index in [1.54, 1.807) is 0 Å². The van der Waals surface area contributed by atoms with Gasteiger partial charge >= 0.3 is 0 Å². The van der Waals surface area contributed by atoms with Crippen LogP contribution in [0.25, 0.3) is 5.52 Å². The van der Waals surface area contributed by atoms with Gasteiger partial charge in [-0.05, 0) is 32.4 Å². The van der Waals surface area contributed by atoms with Crippen LogP contribution in [0.4, 0.5) is 5.82 Å². The van der Waals surface area contributed by atoms with Crippen LogP contribution in [0.15, 0.2) is 18.5 Å². The largest absolute Gasteiger partial charge is 0.356 e. The third kappa shape index (κ3) is 2.06. The minimum absolute atomic E-state index is 0.584. The van der Waals surface area contributed by atoms with E-state index in [0.29, 0.717) is 6.04 Å². The third-order valence-electron chi connectivity index (χ3n) is 3.51. The van der Waals surface area contributed by atoms with Crippen molar-refractivity contribution < 1.29 is 0 Å². The van der Waals surface area contributed by atoms with Gasteiger partial charge < -0.3 is 10.2 Å². The second kappa shape index (κ2) is 4.57. The van der Waals surface area contributed by atoms with Gasteiger partial charge in [-0.2, -0.15) is 5.10 Å². The van der Waals surface area contributed by atoms with E-state index in [0.717, 1.165) is 30.1 Å². The summed E-state index contributed by atoms with van der Waals surface area (Å²) in [5, 5.41) is 7.94. The van der Waals surface area contributed by atoms with Gasteiger partial charge in [0.1, 0.15) is 5.52 Å². The Morgan fingerprint density at radius 3 is 3.22 bits per heavy atom. The number of rotatable bonds is 3. The number of nitrogens with one attached hydrogen (secondary N) is 1. The quantitative estimate of drug-likeness (QED) is 0.883. The molecule has 1 atom stereocenters. The van der Waals surface area contributed by atoms with Crippen LogP contribution in [0.3, 0.4) is 0 Å². The molecule has 2 aromatic rings. The lowest BCUT2D eigenvalue weighted by Gasteiger charge is -2.22. The van der Waals surface area contributed by atoms with Crippen LogP contribution in [0.5, 0.6) is 0 Å². The fourth-order valence-corrected chi connectivity index (χ4v) is 2.65. The SMILES string of the molecule is Cc1cc2c(N(C)CC3CCCN3)nccn2n1. The summed E-state index contributed by atoms with van der Waals surface area (Å²) in [6.45, 7) is 4.15. The number of aromatic nitrogens is 3. The number of nitrogens with zero attached hydrogens (tertiary/aromatic N) is 4. The van der Waals surface area contributed by atoms with E-state index >= 15 is 0 Å². The molecular formula is C13H19N5. The fourth-order valence-electron chi connectivity index (χ4n) is 2.65.